The minimum Gasteiger partial charge on any atom is -0.372 e. The largest absolute Gasteiger partial charge is 0.418 e. The van der Waals surface area contributed by atoms with E-state index < -0.39 is 23.7 Å². The van der Waals surface area contributed by atoms with Gasteiger partial charge in [-0.1, -0.05) is 24.3 Å². The lowest BCUT2D eigenvalue weighted by atomic mass is 9.92. The number of alkyl halides is 3. The highest BCUT2D eigenvalue weighted by molar-refractivity contribution is 7.80. The van der Waals surface area contributed by atoms with Crippen LogP contribution in [0.25, 0.3) is 0 Å². The van der Waals surface area contributed by atoms with Crippen LogP contribution >= 0.6 is 12.2 Å². The van der Waals surface area contributed by atoms with Gasteiger partial charge in [0.25, 0.3) is 5.91 Å². The summed E-state index contributed by atoms with van der Waals surface area (Å²) in [6.07, 6.45) is -4.59. The van der Waals surface area contributed by atoms with Crippen LogP contribution in [0.2, 0.25) is 0 Å². The first-order valence-corrected chi connectivity index (χ1v) is 11.5. The van der Waals surface area contributed by atoms with Crippen LogP contribution in [0.15, 0.2) is 59.8 Å². The zero-order valence-corrected chi connectivity index (χ0v) is 20.7. The number of amides is 1. The highest BCUT2D eigenvalue weighted by Gasteiger charge is 2.38. The number of thiocarbonyl (C=S) groups is 1. The van der Waals surface area contributed by atoms with E-state index in [1.54, 1.807) is 30.8 Å². The van der Waals surface area contributed by atoms with Gasteiger partial charge in [0.1, 0.15) is 0 Å². The molecule has 0 saturated heterocycles. The molecule has 1 amide bonds. The average Bonchev–Trinajstić information content (AvgIpc) is 2.81. The van der Waals surface area contributed by atoms with Crippen LogP contribution < -0.4 is 10.2 Å². The second kappa shape index (κ2) is 10.0. The number of carbonyl (C=O) groups excluding carboxylic acids is 1. The maximum Gasteiger partial charge on any atom is 0.418 e. The Kier molecular flexibility index (Phi) is 7.55. The van der Waals surface area contributed by atoms with Gasteiger partial charge in [-0.15, -0.1) is 0 Å². The molecule has 5 nitrogen and oxygen atoms in total. The Balaban J connectivity index is 2.04. The molecule has 1 N–H and O–H groups in total. The molecule has 0 fully saturated rings. The van der Waals surface area contributed by atoms with E-state index in [1.807, 2.05) is 24.3 Å². The molecule has 1 aliphatic rings. The molecule has 0 spiro atoms. The van der Waals surface area contributed by atoms with Gasteiger partial charge in [-0.2, -0.15) is 13.2 Å². The summed E-state index contributed by atoms with van der Waals surface area (Å²) in [7, 11) is 3.52. The van der Waals surface area contributed by atoms with Crippen molar-refractivity contribution >= 4 is 34.6 Å². The van der Waals surface area contributed by atoms with E-state index >= 15 is 0 Å². The van der Waals surface area contributed by atoms with E-state index in [1.165, 1.54) is 18.2 Å². The van der Waals surface area contributed by atoms with Crippen LogP contribution in [0.5, 0.6) is 0 Å². The number of nitrogens with one attached hydrogen (secondary N) is 1. The third-order valence-electron chi connectivity index (χ3n) is 6.21. The normalized spacial score (nSPS) is 16.7. The predicted octanol–water partition coefficient (Wildman–Crippen LogP) is 5.67. The highest BCUT2D eigenvalue weighted by atomic mass is 32.1. The molecule has 0 bridgehead atoms. The molecule has 0 radical (unpaired) electrons. The molecule has 0 aliphatic carbocycles. The highest BCUT2D eigenvalue weighted by Crippen LogP contribution is 2.39. The molecule has 182 valence electrons. The lowest BCUT2D eigenvalue weighted by molar-refractivity contribution is -0.137. The minimum atomic E-state index is -4.59. The van der Waals surface area contributed by atoms with Crippen molar-refractivity contribution in [2.24, 2.45) is 0 Å². The Morgan fingerprint density at radius 1 is 1.06 bits per heavy atom. The molecule has 0 saturated carbocycles. The Morgan fingerprint density at radius 3 is 2.21 bits per heavy atom. The SMILES string of the molecule is CCN(CC)c1ccc([C@H]2C(C(=O)Nc3ccccc3C(F)(F)F)=C(C)N(C)C(=S)N2C)cc1. The lowest BCUT2D eigenvalue weighted by Crippen LogP contribution is -2.47. The molecular weight excluding hydrogens is 461 g/mol. The Bertz CT molecular complexity index is 1090. The van der Waals surface area contributed by atoms with Crippen molar-refractivity contribution in [3.05, 3.63) is 70.9 Å². The number of likely N-dealkylation sites (N-methyl/N-ethyl adjacent to an activating group) is 1. The van der Waals surface area contributed by atoms with Crippen LogP contribution in [0.3, 0.4) is 0 Å². The molecule has 0 unspecified atom stereocenters. The number of hydrogen-bond acceptors (Lipinski definition) is 3. The number of para-hydroxylation sites is 1. The Labute approximate surface area is 203 Å². The van der Waals surface area contributed by atoms with E-state index in [-0.39, 0.29) is 5.69 Å². The van der Waals surface area contributed by atoms with E-state index in [2.05, 4.69) is 24.1 Å². The van der Waals surface area contributed by atoms with Gasteiger partial charge in [-0.05, 0) is 62.8 Å². The molecule has 3 rings (SSSR count). The topological polar surface area (TPSA) is 38.8 Å². The molecule has 1 aliphatic heterocycles. The third-order valence-corrected chi connectivity index (χ3v) is 6.77. The molecule has 2 aromatic carbocycles. The van der Waals surface area contributed by atoms with Crippen molar-refractivity contribution in [3.8, 4) is 0 Å². The van der Waals surface area contributed by atoms with Gasteiger partial charge in [0, 0.05) is 38.6 Å². The number of allylic oxidation sites excluding steroid dienone is 1. The first kappa shape index (κ1) is 25.6. The average molecular weight is 491 g/mol. The number of hydrogen-bond donors (Lipinski definition) is 1. The monoisotopic (exact) mass is 490 g/mol. The number of carbonyl (C=O) groups is 1. The molecule has 1 heterocycles. The van der Waals surface area contributed by atoms with Crippen LogP contribution in [0, 0.1) is 0 Å². The van der Waals surface area contributed by atoms with E-state index in [9.17, 15) is 18.0 Å². The minimum absolute atomic E-state index is 0.283. The summed E-state index contributed by atoms with van der Waals surface area (Å²) in [5.41, 5.74) is 1.62. The number of anilines is 2. The van der Waals surface area contributed by atoms with E-state index in [4.69, 9.17) is 12.2 Å². The summed E-state index contributed by atoms with van der Waals surface area (Å²) >= 11 is 5.58. The summed E-state index contributed by atoms with van der Waals surface area (Å²) < 4.78 is 40.5. The van der Waals surface area contributed by atoms with Gasteiger partial charge in [0.05, 0.1) is 22.9 Å². The fraction of sp³-hybridized carbons (Fsp3) is 0.360. The van der Waals surface area contributed by atoms with Crippen molar-refractivity contribution in [1.29, 1.82) is 0 Å². The van der Waals surface area contributed by atoms with Gasteiger partial charge in [-0.25, -0.2) is 0 Å². The fourth-order valence-corrected chi connectivity index (χ4v) is 4.47. The summed E-state index contributed by atoms with van der Waals surface area (Å²) in [4.78, 5) is 19.2. The Hall–Kier alpha value is -3.07. The van der Waals surface area contributed by atoms with Gasteiger partial charge >= 0.3 is 6.18 Å². The molecule has 9 heteroatoms. The fourth-order valence-electron chi connectivity index (χ4n) is 4.23. The molecular formula is C25H29F3N4OS. The zero-order chi connectivity index (χ0) is 25.2. The molecule has 2 aromatic rings. The summed E-state index contributed by atoms with van der Waals surface area (Å²) in [6.45, 7) is 7.63. The smallest absolute Gasteiger partial charge is 0.372 e. The number of nitrogens with zero attached hydrogens (tertiary/aromatic N) is 3. The van der Waals surface area contributed by atoms with E-state index in [0.29, 0.717) is 16.4 Å². The number of halogens is 3. The standard InChI is InChI=1S/C25H29F3N4OS/c1-6-32(7-2)18-14-12-17(13-15-18)22-21(16(3)30(4)24(34)31(22)5)23(33)29-20-11-9-8-10-19(20)25(26,27)28/h8-15,22H,6-7H2,1-5H3,(H,29,33)/t22-/m0/s1. The quantitative estimate of drug-likeness (QED) is 0.529. The van der Waals surface area contributed by atoms with Gasteiger partial charge in [0.15, 0.2) is 5.11 Å². The number of rotatable bonds is 6. The van der Waals surface area contributed by atoms with Gasteiger partial charge in [-0.3, -0.25) is 4.79 Å². The van der Waals surface area contributed by atoms with Gasteiger partial charge < -0.3 is 20.0 Å². The van der Waals surface area contributed by atoms with Crippen LogP contribution in [-0.4, -0.2) is 48.0 Å². The van der Waals surface area contributed by atoms with Crippen molar-refractivity contribution in [1.82, 2.24) is 9.80 Å². The maximum absolute atomic E-state index is 13.5. The molecule has 0 aromatic heterocycles. The second-order valence-corrected chi connectivity index (χ2v) is 8.48. The summed E-state index contributed by atoms with van der Waals surface area (Å²) in [5.74, 6) is -0.604. The Morgan fingerprint density at radius 2 is 1.65 bits per heavy atom. The van der Waals surface area contributed by atoms with Crippen LogP contribution in [-0.2, 0) is 11.0 Å². The third kappa shape index (κ3) is 4.89. The first-order valence-electron chi connectivity index (χ1n) is 11.0. The zero-order valence-electron chi connectivity index (χ0n) is 19.9. The summed E-state index contributed by atoms with van der Waals surface area (Å²) in [6, 6.07) is 12.3. The van der Waals surface area contributed by atoms with Crippen molar-refractivity contribution < 1.29 is 18.0 Å². The lowest BCUT2D eigenvalue weighted by Gasteiger charge is -2.42. The molecule has 1 atom stereocenters. The van der Waals surface area contributed by atoms with Crippen molar-refractivity contribution in [3.63, 3.8) is 0 Å². The second-order valence-electron chi connectivity index (χ2n) is 8.12. The molecule has 34 heavy (non-hydrogen) atoms. The number of benzene rings is 2. The van der Waals surface area contributed by atoms with Crippen molar-refractivity contribution in [2.45, 2.75) is 33.0 Å². The van der Waals surface area contributed by atoms with Crippen molar-refractivity contribution in [2.75, 3.05) is 37.4 Å². The van der Waals surface area contributed by atoms with Crippen LogP contribution in [0.1, 0.15) is 37.9 Å². The first-order chi connectivity index (χ1) is 16.0. The van der Waals surface area contributed by atoms with Gasteiger partial charge in [0.2, 0.25) is 0 Å². The predicted molar refractivity (Wildman–Crippen MR) is 134 cm³/mol. The van der Waals surface area contributed by atoms with E-state index in [0.717, 1.165) is 30.4 Å². The summed E-state index contributed by atoms with van der Waals surface area (Å²) in [5, 5.41) is 3.02. The maximum atomic E-state index is 13.5. The van der Waals surface area contributed by atoms with Crippen LogP contribution in [0.4, 0.5) is 24.5 Å².